The zero-order valence-electron chi connectivity index (χ0n) is 14.5. The summed E-state index contributed by atoms with van der Waals surface area (Å²) in [6.45, 7) is 1.29. The molecule has 1 fully saturated rings. The molecule has 1 saturated carbocycles. The second-order valence-corrected chi connectivity index (χ2v) is 7.61. The number of hydrogen-bond acceptors (Lipinski definition) is 8. The molecule has 0 saturated heterocycles. The topological polar surface area (TPSA) is 123 Å². The summed E-state index contributed by atoms with van der Waals surface area (Å²) in [6.07, 6.45) is -3.34. The molecule has 0 amide bonds. The maximum absolute atomic E-state index is 12.5. The van der Waals surface area contributed by atoms with E-state index in [9.17, 15) is 24.9 Å². The number of benzene rings is 1. The molecular weight excluding hydrogens is 424 g/mol. The fourth-order valence-corrected chi connectivity index (χ4v) is 3.92. The minimum atomic E-state index is -1.87. The molecule has 146 valence electrons. The summed E-state index contributed by atoms with van der Waals surface area (Å²) in [5, 5.41) is 31.5. The van der Waals surface area contributed by atoms with Gasteiger partial charge in [0, 0.05) is 10.4 Å². The molecule has 1 heterocycles. The molecule has 8 nitrogen and oxygen atoms in total. The van der Waals surface area contributed by atoms with E-state index < -0.39 is 47.9 Å². The Kier molecular flexibility index (Phi) is 5.31. The van der Waals surface area contributed by atoms with Crippen LogP contribution in [0.25, 0.3) is 0 Å². The highest BCUT2D eigenvalue weighted by Crippen LogP contribution is 2.49. The summed E-state index contributed by atoms with van der Waals surface area (Å²) in [5.74, 6) is -3.63. The van der Waals surface area contributed by atoms with Crippen LogP contribution >= 0.6 is 15.9 Å². The van der Waals surface area contributed by atoms with Crippen LogP contribution in [0.15, 0.2) is 40.6 Å². The standard InChI is InChI=1S/C18H19BrO8/c1-18(24)12-11(10(16(22)25-2)7-26-17(12)23)13(14(18)20)27-15(21)8-3-5-9(19)6-4-8/h3-7,11-14,17,20,23-24H,1-2H3/t11-,12-,13+,14+,17?,18-/m1/s1. The Hall–Kier alpha value is -1.94. The van der Waals surface area contributed by atoms with Crippen molar-refractivity contribution in [2.24, 2.45) is 11.8 Å². The molecule has 3 rings (SSSR count). The molecule has 1 aromatic carbocycles. The number of fused-ring (bicyclic) bond motifs is 1. The van der Waals surface area contributed by atoms with Crippen molar-refractivity contribution in [1.29, 1.82) is 0 Å². The summed E-state index contributed by atoms with van der Waals surface area (Å²) >= 11 is 3.27. The molecule has 0 bridgehead atoms. The van der Waals surface area contributed by atoms with E-state index in [0.717, 1.165) is 17.8 Å². The van der Waals surface area contributed by atoms with Crippen LogP contribution in [0.1, 0.15) is 17.3 Å². The average molecular weight is 443 g/mol. The molecule has 0 radical (unpaired) electrons. The molecule has 3 N–H and O–H groups in total. The summed E-state index contributed by atoms with van der Waals surface area (Å²) in [6, 6.07) is 6.36. The number of hydrogen-bond donors (Lipinski definition) is 3. The average Bonchev–Trinajstić information content (AvgIpc) is 2.83. The fraction of sp³-hybridized carbons (Fsp3) is 0.444. The lowest BCUT2D eigenvalue weighted by atomic mass is 9.81. The van der Waals surface area contributed by atoms with Crippen molar-refractivity contribution in [3.8, 4) is 0 Å². The number of carbonyl (C=O) groups excluding carboxylic acids is 2. The fourth-order valence-electron chi connectivity index (χ4n) is 3.65. The van der Waals surface area contributed by atoms with Gasteiger partial charge in [0.15, 0.2) is 0 Å². The lowest BCUT2D eigenvalue weighted by molar-refractivity contribution is -0.179. The molecule has 6 atom stereocenters. The van der Waals surface area contributed by atoms with Crippen molar-refractivity contribution < 1.29 is 39.1 Å². The van der Waals surface area contributed by atoms with Crippen LogP contribution < -0.4 is 0 Å². The SMILES string of the molecule is COC(=O)C1=COC(O)[C@H]2[C@@H]1[C@H](OC(=O)c1ccc(Br)cc1)[C@H](O)[C@]2(C)O. The maximum Gasteiger partial charge on any atom is 0.338 e. The Morgan fingerprint density at radius 3 is 2.41 bits per heavy atom. The highest BCUT2D eigenvalue weighted by atomic mass is 79.9. The van der Waals surface area contributed by atoms with Crippen LogP contribution in [0.4, 0.5) is 0 Å². The van der Waals surface area contributed by atoms with Gasteiger partial charge in [0.05, 0.1) is 30.4 Å². The zero-order chi connectivity index (χ0) is 19.9. The molecule has 0 spiro atoms. The molecule has 1 unspecified atom stereocenters. The second-order valence-electron chi connectivity index (χ2n) is 6.69. The number of aliphatic hydroxyl groups is 3. The van der Waals surface area contributed by atoms with Crippen LogP contribution in [-0.2, 0) is 19.0 Å². The lowest BCUT2D eigenvalue weighted by Gasteiger charge is -2.36. The van der Waals surface area contributed by atoms with E-state index in [2.05, 4.69) is 15.9 Å². The van der Waals surface area contributed by atoms with E-state index in [1.165, 1.54) is 19.1 Å². The Balaban J connectivity index is 1.96. The van der Waals surface area contributed by atoms with Crippen molar-refractivity contribution in [3.63, 3.8) is 0 Å². The van der Waals surface area contributed by atoms with Gasteiger partial charge >= 0.3 is 11.9 Å². The minimum Gasteiger partial charge on any atom is -0.472 e. The summed E-state index contributed by atoms with van der Waals surface area (Å²) in [4.78, 5) is 24.6. The molecule has 27 heavy (non-hydrogen) atoms. The third kappa shape index (κ3) is 3.36. The highest BCUT2D eigenvalue weighted by molar-refractivity contribution is 9.10. The third-order valence-corrected chi connectivity index (χ3v) is 5.60. The predicted octanol–water partition coefficient (Wildman–Crippen LogP) is 0.738. The first-order valence-electron chi connectivity index (χ1n) is 8.17. The van der Waals surface area contributed by atoms with Gasteiger partial charge in [-0.15, -0.1) is 0 Å². The van der Waals surface area contributed by atoms with Gasteiger partial charge in [-0.05, 0) is 31.2 Å². The Bertz CT molecular complexity index is 772. The van der Waals surface area contributed by atoms with E-state index >= 15 is 0 Å². The number of rotatable bonds is 3. The summed E-state index contributed by atoms with van der Waals surface area (Å²) < 4.78 is 16.0. The van der Waals surface area contributed by atoms with Crippen molar-refractivity contribution in [2.75, 3.05) is 7.11 Å². The molecule has 1 aromatic rings. The molecule has 0 aromatic heterocycles. The van der Waals surface area contributed by atoms with Gasteiger partial charge in [-0.3, -0.25) is 0 Å². The van der Waals surface area contributed by atoms with Crippen LogP contribution in [-0.4, -0.2) is 58.5 Å². The zero-order valence-corrected chi connectivity index (χ0v) is 16.1. The smallest absolute Gasteiger partial charge is 0.338 e. The van der Waals surface area contributed by atoms with Gasteiger partial charge in [0.25, 0.3) is 0 Å². The number of halogens is 1. The van der Waals surface area contributed by atoms with Crippen molar-refractivity contribution in [3.05, 3.63) is 46.1 Å². The lowest BCUT2D eigenvalue weighted by Crippen LogP contribution is -2.48. The Morgan fingerprint density at radius 2 is 1.81 bits per heavy atom. The Labute approximate surface area is 163 Å². The van der Waals surface area contributed by atoms with Gasteiger partial charge in [-0.2, -0.15) is 0 Å². The molecule has 9 heteroatoms. The van der Waals surface area contributed by atoms with Gasteiger partial charge in [0.2, 0.25) is 6.29 Å². The third-order valence-electron chi connectivity index (χ3n) is 5.07. The predicted molar refractivity (Wildman–Crippen MR) is 94.1 cm³/mol. The maximum atomic E-state index is 12.5. The van der Waals surface area contributed by atoms with Gasteiger partial charge in [-0.1, -0.05) is 15.9 Å². The number of esters is 2. The molecule has 1 aliphatic carbocycles. The normalized spacial score (nSPS) is 34.9. The van der Waals surface area contributed by atoms with E-state index in [1.54, 1.807) is 12.1 Å². The van der Waals surface area contributed by atoms with Crippen molar-refractivity contribution >= 4 is 27.9 Å². The first kappa shape index (κ1) is 19.8. The molecule has 1 aliphatic heterocycles. The van der Waals surface area contributed by atoms with Crippen LogP contribution in [0.2, 0.25) is 0 Å². The Morgan fingerprint density at radius 1 is 1.19 bits per heavy atom. The van der Waals surface area contributed by atoms with Crippen LogP contribution in [0.3, 0.4) is 0 Å². The van der Waals surface area contributed by atoms with E-state index in [0.29, 0.717) is 0 Å². The monoisotopic (exact) mass is 442 g/mol. The molecular formula is C18H19BrO8. The number of ether oxygens (including phenoxy) is 3. The second kappa shape index (κ2) is 7.23. The largest absolute Gasteiger partial charge is 0.472 e. The quantitative estimate of drug-likeness (QED) is 0.585. The number of methoxy groups -OCH3 is 1. The minimum absolute atomic E-state index is 0.0433. The highest BCUT2D eigenvalue weighted by Gasteiger charge is 2.64. The van der Waals surface area contributed by atoms with E-state index in [4.69, 9.17) is 14.2 Å². The first-order valence-corrected chi connectivity index (χ1v) is 8.96. The van der Waals surface area contributed by atoms with Crippen LogP contribution in [0.5, 0.6) is 0 Å². The first-order chi connectivity index (χ1) is 12.7. The number of carbonyl (C=O) groups is 2. The van der Waals surface area contributed by atoms with Crippen LogP contribution in [0, 0.1) is 11.8 Å². The van der Waals surface area contributed by atoms with Gasteiger partial charge < -0.3 is 29.5 Å². The van der Waals surface area contributed by atoms with E-state index in [-0.39, 0.29) is 11.1 Å². The number of aliphatic hydroxyl groups excluding tert-OH is 2. The summed E-state index contributed by atoms with van der Waals surface area (Å²) in [5.41, 5.74) is -1.69. The summed E-state index contributed by atoms with van der Waals surface area (Å²) in [7, 11) is 1.16. The van der Waals surface area contributed by atoms with Crippen molar-refractivity contribution in [1.82, 2.24) is 0 Å². The van der Waals surface area contributed by atoms with Gasteiger partial charge in [-0.25, -0.2) is 9.59 Å². The van der Waals surface area contributed by atoms with Crippen molar-refractivity contribution in [2.45, 2.75) is 31.0 Å². The molecule has 2 aliphatic rings. The van der Waals surface area contributed by atoms with E-state index in [1.807, 2.05) is 0 Å². The van der Waals surface area contributed by atoms with Gasteiger partial charge in [0.1, 0.15) is 17.8 Å².